The largest absolute Gasteiger partial charge is 0.385 e. The zero-order chi connectivity index (χ0) is 11.3. The number of aliphatic hydroxyl groups is 1. The van der Waals surface area contributed by atoms with E-state index in [2.05, 4.69) is 5.92 Å². The van der Waals surface area contributed by atoms with E-state index in [0.717, 1.165) is 5.56 Å². The van der Waals surface area contributed by atoms with Gasteiger partial charge in [0.25, 0.3) is 0 Å². The van der Waals surface area contributed by atoms with Crippen molar-refractivity contribution in [2.45, 2.75) is 25.4 Å². The van der Waals surface area contributed by atoms with Crippen molar-refractivity contribution in [3.63, 3.8) is 0 Å². The molecule has 2 nitrogen and oxygen atoms in total. The average Bonchev–Trinajstić information content (AvgIpc) is 2.26. The van der Waals surface area contributed by atoms with Crippen LogP contribution in [0.25, 0.3) is 0 Å². The minimum absolute atomic E-state index is 0.498. The molecule has 1 rings (SSSR count). The third-order valence-electron chi connectivity index (χ3n) is 2.37. The fourth-order valence-electron chi connectivity index (χ4n) is 1.38. The highest BCUT2D eigenvalue weighted by molar-refractivity contribution is 5.35. The first kappa shape index (κ1) is 11.3. The van der Waals surface area contributed by atoms with Crippen molar-refractivity contribution >= 4 is 0 Å². The van der Waals surface area contributed by atoms with Crippen LogP contribution in [0.1, 0.15) is 30.9 Å². The van der Waals surface area contributed by atoms with Crippen molar-refractivity contribution in [3.8, 4) is 18.4 Å². The van der Waals surface area contributed by atoms with Crippen LogP contribution in [0.3, 0.4) is 0 Å². The number of benzene rings is 1. The van der Waals surface area contributed by atoms with Crippen LogP contribution in [0.2, 0.25) is 0 Å². The van der Waals surface area contributed by atoms with Gasteiger partial charge in [-0.25, -0.2) is 0 Å². The summed E-state index contributed by atoms with van der Waals surface area (Å²) in [6.07, 6.45) is 6.17. The second-order valence-electron chi connectivity index (χ2n) is 3.67. The Balaban J connectivity index is 2.95. The molecule has 0 aromatic heterocycles. The number of nitrogens with zero attached hydrogens (tertiary/aromatic N) is 1. The van der Waals surface area contributed by atoms with Gasteiger partial charge in [-0.3, -0.25) is 0 Å². The van der Waals surface area contributed by atoms with Crippen LogP contribution < -0.4 is 0 Å². The monoisotopic (exact) mass is 199 g/mol. The highest BCUT2D eigenvalue weighted by Gasteiger charge is 2.22. The van der Waals surface area contributed by atoms with Gasteiger partial charge in [-0.15, -0.1) is 12.3 Å². The van der Waals surface area contributed by atoms with Crippen LogP contribution in [0.4, 0.5) is 0 Å². The Hall–Kier alpha value is -1.77. The second kappa shape index (κ2) is 4.64. The third-order valence-corrected chi connectivity index (χ3v) is 2.37. The zero-order valence-corrected chi connectivity index (χ0v) is 8.70. The molecule has 0 saturated carbocycles. The molecule has 1 aromatic carbocycles. The van der Waals surface area contributed by atoms with Crippen LogP contribution >= 0.6 is 0 Å². The van der Waals surface area contributed by atoms with Gasteiger partial charge < -0.3 is 5.11 Å². The first-order chi connectivity index (χ1) is 7.10. The summed E-state index contributed by atoms with van der Waals surface area (Å²) >= 11 is 0. The van der Waals surface area contributed by atoms with Crippen molar-refractivity contribution in [1.29, 1.82) is 5.26 Å². The van der Waals surface area contributed by atoms with Gasteiger partial charge in [0, 0.05) is 6.42 Å². The lowest BCUT2D eigenvalue weighted by molar-refractivity contribution is 0.0493. The van der Waals surface area contributed by atoms with E-state index in [1.54, 1.807) is 31.2 Å². The molecule has 1 atom stereocenters. The molecule has 0 heterocycles. The Labute approximate surface area is 90.2 Å². The van der Waals surface area contributed by atoms with Gasteiger partial charge in [0.2, 0.25) is 0 Å². The lowest BCUT2D eigenvalue weighted by atomic mass is 9.90. The van der Waals surface area contributed by atoms with Crippen molar-refractivity contribution in [3.05, 3.63) is 35.4 Å². The maximum atomic E-state index is 10.1. The summed E-state index contributed by atoms with van der Waals surface area (Å²) < 4.78 is 0. The van der Waals surface area contributed by atoms with E-state index < -0.39 is 5.60 Å². The lowest BCUT2D eigenvalue weighted by Crippen LogP contribution is -2.20. The quantitative estimate of drug-likeness (QED) is 0.758. The predicted octanol–water partition coefficient (Wildman–Crippen LogP) is 2.18. The highest BCUT2D eigenvalue weighted by atomic mass is 16.3. The smallest absolute Gasteiger partial charge is 0.0991 e. The van der Waals surface area contributed by atoms with Crippen molar-refractivity contribution < 1.29 is 5.11 Å². The molecule has 2 heteroatoms. The summed E-state index contributed by atoms with van der Waals surface area (Å²) in [6, 6.07) is 9.01. The Morgan fingerprint density at radius 1 is 1.53 bits per heavy atom. The molecular weight excluding hydrogens is 186 g/mol. The number of hydrogen-bond donors (Lipinski definition) is 1. The fraction of sp³-hybridized carbons (Fsp3) is 0.308. The Kier molecular flexibility index (Phi) is 3.50. The molecule has 0 aliphatic carbocycles. The van der Waals surface area contributed by atoms with Crippen LogP contribution in [-0.2, 0) is 5.60 Å². The molecule has 0 spiro atoms. The van der Waals surface area contributed by atoms with Gasteiger partial charge in [0.05, 0.1) is 17.2 Å². The van der Waals surface area contributed by atoms with Gasteiger partial charge in [-0.2, -0.15) is 5.26 Å². The van der Waals surface area contributed by atoms with Gasteiger partial charge in [0.1, 0.15) is 0 Å². The van der Waals surface area contributed by atoms with Crippen molar-refractivity contribution in [2.75, 3.05) is 0 Å². The molecule has 76 valence electrons. The first-order valence-corrected chi connectivity index (χ1v) is 4.76. The second-order valence-corrected chi connectivity index (χ2v) is 3.67. The maximum absolute atomic E-state index is 10.1. The van der Waals surface area contributed by atoms with Crippen LogP contribution in [-0.4, -0.2) is 5.11 Å². The minimum Gasteiger partial charge on any atom is -0.385 e. The van der Waals surface area contributed by atoms with E-state index in [9.17, 15) is 5.11 Å². The maximum Gasteiger partial charge on any atom is 0.0991 e. The topological polar surface area (TPSA) is 44.0 Å². The summed E-state index contributed by atoms with van der Waals surface area (Å²) in [4.78, 5) is 0. The third kappa shape index (κ3) is 2.84. The summed E-state index contributed by atoms with van der Waals surface area (Å²) in [5.74, 6) is 2.50. The summed E-state index contributed by atoms with van der Waals surface area (Å²) in [7, 11) is 0. The minimum atomic E-state index is -0.959. The molecule has 0 amide bonds. The SMILES string of the molecule is C#CCCC(C)(O)c1cccc(C#N)c1. The normalized spacial score (nSPS) is 13.6. The van der Waals surface area contributed by atoms with E-state index in [0.29, 0.717) is 18.4 Å². The van der Waals surface area contributed by atoms with E-state index in [1.165, 1.54) is 0 Å². The molecular formula is C13H13NO. The molecule has 0 saturated heterocycles. The van der Waals surface area contributed by atoms with Crippen molar-refractivity contribution in [1.82, 2.24) is 0 Å². The molecule has 15 heavy (non-hydrogen) atoms. The van der Waals surface area contributed by atoms with Gasteiger partial charge in [-0.1, -0.05) is 12.1 Å². The van der Waals surface area contributed by atoms with E-state index in [1.807, 2.05) is 6.07 Å². The Bertz CT molecular complexity index is 421. The van der Waals surface area contributed by atoms with E-state index >= 15 is 0 Å². The molecule has 1 unspecified atom stereocenters. The number of rotatable bonds is 3. The predicted molar refractivity (Wildman–Crippen MR) is 58.8 cm³/mol. The number of terminal acetylenes is 1. The fourth-order valence-corrected chi connectivity index (χ4v) is 1.38. The van der Waals surface area contributed by atoms with Crippen molar-refractivity contribution in [2.24, 2.45) is 0 Å². The molecule has 1 aromatic rings. The Morgan fingerprint density at radius 2 is 2.27 bits per heavy atom. The van der Waals surface area contributed by atoms with Gasteiger partial charge in [-0.05, 0) is 31.0 Å². The summed E-state index contributed by atoms with van der Waals surface area (Å²) in [6.45, 7) is 1.71. The number of hydrogen-bond acceptors (Lipinski definition) is 2. The lowest BCUT2D eigenvalue weighted by Gasteiger charge is -2.22. The van der Waals surface area contributed by atoms with Gasteiger partial charge in [0.15, 0.2) is 0 Å². The highest BCUT2D eigenvalue weighted by Crippen LogP contribution is 2.26. The van der Waals surface area contributed by atoms with Crippen LogP contribution in [0, 0.1) is 23.7 Å². The molecule has 0 aliphatic rings. The molecule has 0 bridgehead atoms. The summed E-state index contributed by atoms with van der Waals surface area (Å²) in [5.41, 5.74) is 0.324. The van der Waals surface area contributed by atoms with E-state index in [-0.39, 0.29) is 0 Å². The first-order valence-electron chi connectivity index (χ1n) is 4.76. The average molecular weight is 199 g/mol. The molecule has 1 N–H and O–H groups in total. The molecule has 0 aliphatic heterocycles. The number of nitriles is 1. The van der Waals surface area contributed by atoms with E-state index in [4.69, 9.17) is 11.7 Å². The zero-order valence-electron chi connectivity index (χ0n) is 8.70. The molecule has 0 fully saturated rings. The summed E-state index contributed by atoms with van der Waals surface area (Å²) in [5, 5.41) is 18.9. The van der Waals surface area contributed by atoms with Crippen LogP contribution in [0.15, 0.2) is 24.3 Å². The standard InChI is InChI=1S/C13H13NO/c1-3-4-8-13(2,15)12-7-5-6-11(9-12)10-14/h1,5-7,9,15H,4,8H2,2H3. The van der Waals surface area contributed by atoms with Gasteiger partial charge >= 0.3 is 0 Å². The van der Waals surface area contributed by atoms with Crippen LogP contribution in [0.5, 0.6) is 0 Å². The molecule has 0 radical (unpaired) electrons. The Morgan fingerprint density at radius 3 is 2.87 bits per heavy atom.